The van der Waals surface area contributed by atoms with Gasteiger partial charge >= 0.3 is 0 Å². The van der Waals surface area contributed by atoms with Crippen molar-refractivity contribution in [2.45, 2.75) is 39.7 Å². The molecule has 2 rings (SSSR count). The van der Waals surface area contributed by atoms with Crippen LogP contribution in [0.5, 0.6) is 0 Å². The first-order chi connectivity index (χ1) is 10.6. The number of guanidine groups is 1. The summed E-state index contributed by atoms with van der Waals surface area (Å²) in [6.45, 7) is 6.95. The first-order valence-electron chi connectivity index (χ1n) is 7.69. The number of nitrogens with one attached hydrogen (secondary N) is 1. The van der Waals surface area contributed by atoms with Crippen molar-refractivity contribution < 1.29 is 0 Å². The Balaban J connectivity index is 2.02. The molecule has 1 aromatic heterocycles. The third kappa shape index (κ3) is 4.58. The summed E-state index contributed by atoms with van der Waals surface area (Å²) in [7, 11) is 0. The summed E-state index contributed by atoms with van der Waals surface area (Å²) in [6, 6.07) is 12.3. The molecule has 2 aromatic rings. The van der Waals surface area contributed by atoms with Crippen LogP contribution in [0, 0.1) is 0 Å². The lowest BCUT2D eigenvalue weighted by Gasteiger charge is -2.10. The predicted octanol–water partition coefficient (Wildman–Crippen LogP) is 3.69. The van der Waals surface area contributed by atoms with Crippen LogP contribution in [0.4, 0.5) is 5.69 Å². The van der Waals surface area contributed by atoms with E-state index in [1.54, 1.807) is 0 Å². The van der Waals surface area contributed by atoms with E-state index in [9.17, 15) is 0 Å². The monoisotopic (exact) mass is 296 g/mol. The zero-order valence-electron chi connectivity index (χ0n) is 13.5. The van der Waals surface area contributed by atoms with E-state index in [0.29, 0.717) is 18.4 Å². The van der Waals surface area contributed by atoms with E-state index in [0.717, 1.165) is 17.8 Å². The predicted molar refractivity (Wildman–Crippen MR) is 93.1 cm³/mol. The number of anilines is 1. The number of rotatable bonds is 5. The molecule has 0 aliphatic carbocycles. The summed E-state index contributed by atoms with van der Waals surface area (Å²) in [6.07, 6.45) is 2.81. The molecule has 0 saturated carbocycles. The average Bonchev–Trinajstić information content (AvgIpc) is 2.53. The SMILES string of the molecule is CCc1ccnc(CN=C(N)Nc2cccc(C(C)C)c2)c1. The quantitative estimate of drug-likeness (QED) is 0.653. The van der Waals surface area contributed by atoms with Crippen LogP contribution < -0.4 is 11.1 Å². The van der Waals surface area contributed by atoms with Gasteiger partial charge in [0.05, 0.1) is 12.2 Å². The van der Waals surface area contributed by atoms with Crippen molar-refractivity contribution in [1.29, 1.82) is 0 Å². The smallest absolute Gasteiger partial charge is 0.193 e. The zero-order valence-corrected chi connectivity index (χ0v) is 13.5. The van der Waals surface area contributed by atoms with Crippen molar-refractivity contribution in [2.24, 2.45) is 10.7 Å². The number of nitrogens with zero attached hydrogens (tertiary/aromatic N) is 2. The molecule has 3 N–H and O–H groups in total. The molecule has 1 aromatic carbocycles. The molecule has 22 heavy (non-hydrogen) atoms. The number of pyridine rings is 1. The number of benzene rings is 1. The number of aromatic nitrogens is 1. The van der Waals surface area contributed by atoms with Crippen LogP contribution in [-0.4, -0.2) is 10.9 Å². The first-order valence-corrected chi connectivity index (χ1v) is 7.69. The molecule has 0 atom stereocenters. The molecule has 0 aliphatic rings. The number of hydrogen-bond donors (Lipinski definition) is 2. The van der Waals surface area contributed by atoms with Crippen molar-refractivity contribution in [2.75, 3.05) is 5.32 Å². The summed E-state index contributed by atoms with van der Waals surface area (Å²) in [4.78, 5) is 8.67. The van der Waals surface area contributed by atoms with Crippen molar-refractivity contribution in [3.05, 3.63) is 59.4 Å². The molecule has 0 radical (unpaired) electrons. The maximum atomic E-state index is 5.96. The summed E-state index contributed by atoms with van der Waals surface area (Å²) in [5.74, 6) is 0.894. The minimum absolute atomic E-state index is 0.407. The normalized spacial score (nSPS) is 11.7. The lowest BCUT2D eigenvalue weighted by Crippen LogP contribution is -2.22. The summed E-state index contributed by atoms with van der Waals surface area (Å²) in [5, 5.41) is 3.14. The van der Waals surface area contributed by atoms with E-state index in [1.165, 1.54) is 11.1 Å². The van der Waals surface area contributed by atoms with Crippen molar-refractivity contribution in [1.82, 2.24) is 4.98 Å². The molecule has 0 fully saturated rings. The van der Waals surface area contributed by atoms with Crippen LogP contribution in [0.25, 0.3) is 0 Å². The van der Waals surface area contributed by atoms with Gasteiger partial charge in [0, 0.05) is 11.9 Å². The molecule has 116 valence electrons. The highest BCUT2D eigenvalue weighted by Crippen LogP contribution is 2.18. The van der Waals surface area contributed by atoms with Gasteiger partial charge in [-0.05, 0) is 47.7 Å². The van der Waals surface area contributed by atoms with Gasteiger partial charge in [-0.3, -0.25) is 4.98 Å². The Morgan fingerprint density at radius 3 is 2.82 bits per heavy atom. The number of aryl methyl sites for hydroxylation is 1. The molecule has 4 heteroatoms. The Morgan fingerprint density at radius 1 is 1.27 bits per heavy atom. The van der Waals surface area contributed by atoms with Crippen LogP contribution in [0.1, 0.15) is 43.5 Å². The minimum Gasteiger partial charge on any atom is -0.370 e. The lowest BCUT2D eigenvalue weighted by atomic mass is 10.0. The molecular formula is C18H24N4. The Hall–Kier alpha value is -2.36. The van der Waals surface area contributed by atoms with E-state index in [-0.39, 0.29) is 0 Å². The molecule has 0 unspecified atom stereocenters. The third-order valence-corrected chi connectivity index (χ3v) is 3.53. The molecule has 0 aliphatic heterocycles. The Labute approximate surface area is 132 Å². The van der Waals surface area contributed by atoms with Gasteiger partial charge in [0.2, 0.25) is 0 Å². The van der Waals surface area contributed by atoms with E-state index in [1.807, 2.05) is 24.4 Å². The summed E-state index contributed by atoms with van der Waals surface area (Å²) < 4.78 is 0. The third-order valence-electron chi connectivity index (χ3n) is 3.53. The minimum atomic E-state index is 0.407. The maximum Gasteiger partial charge on any atom is 0.193 e. The van der Waals surface area contributed by atoms with Crippen LogP contribution in [-0.2, 0) is 13.0 Å². The average molecular weight is 296 g/mol. The van der Waals surface area contributed by atoms with Crippen molar-refractivity contribution in [3.8, 4) is 0 Å². The molecule has 0 saturated heterocycles. The fourth-order valence-electron chi connectivity index (χ4n) is 2.16. The maximum absolute atomic E-state index is 5.96. The second kappa shape index (κ2) is 7.59. The molecule has 0 bridgehead atoms. The fourth-order valence-corrected chi connectivity index (χ4v) is 2.16. The van der Waals surface area contributed by atoms with Gasteiger partial charge in [-0.25, -0.2) is 4.99 Å². The van der Waals surface area contributed by atoms with Gasteiger partial charge in [0.15, 0.2) is 5.96 Å². The van der Waals surface area contributed by atoms with Gasteiger partial charge in [-0.15, -0.1) is 0 Å². The van der Waals surface area contributed by atoms with Gasteiger partial charge in [0.1, 0.15) is 0 Å². The van der Waals surface area contributed by atoms with E-state index < -0.39 is 0 Å². The van der Waals surface area contributed by atoms with Crippen molar-refractivity contribution >= 4 is 11.6 Å². The lowest BCUT2D eigenvalue weighted by molar-refractivity contribution is 0.867. The van der Waals surface area contributed by atoms with Gasteiger partial charge in [-0.1, -0.05) is 32.9 Å². The largest absolute Gasteiger partial charge is 0.370 e. The standard InChI is InChI=1S/C18H24N4/c1-4-14-8-9-20-17(10-14)12-21-18(19)22-16-7-5-6-15(11-16)13(2)3/h5-11,13H,4,12H2,1-3H3,(H3,19,21,22). The molecule has 0 spiro atoms. The Kier molecular flexibility index (Phi) is 5.53. The highest BCUT2D eigenvalue weighted by molar-refractivity contribution is 5.92. The van der Waals surface area contributed by atoms with Gasteiger partial charge in [0.25, 0.3) is 0 Å². The van der Waals surface area contributed by atoms with E-state index >= 15 is 0 Å². The number of hydrogen-bond acceptors (Lipinski definition) is 2. The fraction of sp³-hybridized carbons (Fsp3) is 0.333. The van der Waals surface area contributed by atoms with E-state index in [4.69, 9.17) is 5.73 Å². The first kappa shape index (κ1) is 16.0. The van der Waals surface area contributed by atoms with Gasteiger partial charge in [-0.2, -0.15) is 0 Å². The molecule has 1 heterocycles. The summed E-state index contributed by atoms with van der Waals surface area (Å²) >= 11 is 0. The topological polar surface area (TPSA) is 63.3 Å². The highest BCUT2D eigenvalue weighted by atomic mass is 15.1. The van der Waals surface area contributed by atoms with Crippen molar-refractivity contribution in [3.63, 3.8) is 0 Å². The zero-order chi connectivity index (χ0) is 15.9. The Morgan fingerprint density at radius 2 is 2.09 bits per heavy atom. The summed E-state index contributed by atoms with van der Waals surface area (Å²) in [5.41, 5.74) is 10.4. The molecular weight excluding hydrogens is 272 g/mol. The van der Waals surface area contributed by atoms with Crippen LogP contribution in [0.2, 0.25) is 0 Å². The Bertz CT molecular complexity index is 647. The molecule has 0 amide bonds. The van der Waals surface area contributed by atoms with E-state index in [2.05, 4.69) is 54.3 Å². The van der Waals surface area contributed by atoms with Gasteiger partial charge < -0.3 is 11.1 Å². The van der Waals surface area contributed by atoms with Crippen LogP contribution >= 0.6 is 0 Å². The number of aliphatic imine (C=N–C) groups is 1. The highest BCUT2D eigenvalue weighted by Gasteiger charge is 2.01. The second-order valence-corrected chi connectivity index (χ2v) is 5.62. The molecule has 4 nitrogen and oxygen atoms in total. The second-order valence-electron chi connectivity index (χ2n) is 5.62. The number of nitrogens with two attached hydrogens (primary N) is 1. The van der Waals surface area contributed by atoms with Crippen LogP contribution in [0.3, 0.4) is 0 Å². The van der Waals surface area contributed by atoms with Crippen LogP contribution in [0.15, 0.2) is 47.6 Å².